The maximum Gasteiger partial charge on any atom is 0.145 e. The van der Waals surface area contributed by atoms with Crippen molar-refractivity contribution in [2.45, 2.75) is 26.2 Å². The van der Waals surface area contributed by atoms with Gasteiger partial charge >= 0.3 is 0 Å². The number of fused-ring (bicyclic) bond motifs is 1. The Morgan fingerprint density at radius 3 is 2.53 bits per heavy atom. The van der Waals surface area contributed by atoms with E-state index in [0.717, 1.165) is 22.2 Å². The number of hydrogen-bond acceptors (Lipinski definition) is 3. The van der Waals surface area contributed by atoms with Crippen LogP contribution in [0.5, 0.6) is 5.75 Å². The van der Waals surface area contributed by atoms with Crippen molar-refractivity contribution in [3.8, 4) is 5.75 Å². The minimum atomic E-state index is -0.00561. The Kier molecular flexibility index (Phi) is 2.69. The Labute approximate surface area is 102 Å². The predicted molar refractivity (Wildman–Crippen MR) is 71.4 cm³/mol. The minimum Gasteiger partial charge on any atom is -0.494 e. The van der Waals surface area contributed by atoms with Gasteiger partial charge in [-0.2, -0.15) is 0 Å². The van der Waals surface area contributed by atoms with Crippen molar-refractivity contribution in [2.24, 2.45) is 0 Å². The van der Waals surface area contributed by atoms with Crippen LogP contribution >= 0.6 is 0 Å². The summed E-state index contributed by atoms with van der Waals surface area (Å²) in [4.78, 5) is 4.47. The molecule has 2 aromatic rings. The van der Waals surface area contributed by atoms with Gasteiger partial charge in [0.25, 0.3) is 0 Å². The smallest absolute Gasteiger partial charge is 0.145 e. The fraction of sp³-hybridized carbons (Fsp3) is 0.357. The van der Waals surface area contributed by atoms with Crippen molar-refractivity contribution in [1.29, 1.82) is 0 Å². The molecule has 0 aliphatic carbocycles. The highest BCUT2D eigenvalue weighted by Crippen LogP contribution is 2.32. The molecule has 0 fully saturated rings. The van der Waals surface area contributed by atoms with Gasteiger partial charge in [0.2, 0.25) is 0 Å². The molecule has 1 aromatic carbocycles. The summed E-state index contributed by atoms with van der Waals surface area (Å²) in [5.41, 5.74) is 7.91. The standard InChI is InChI=1S/C14H18N2O/c1-14(2,3)10-8-9-6-5-7-11(17-4)12(9)16-13(10)15/h5-8H,1-4H3,(H2,15,16). The molecule has 1 heterocycles. The maximum atomic E-state index is 6.03. The number of hydrogen-bond donors (Lipinski definition) is 1. The summed E-state index contributed by atoms with van der Waals surface area (Å²) in [5.74, 6) is 1.34. The SMILES string of the molecule is COc1cccc2cc(C(C)(C)C)c(N)nc12. The molecule has 0 spiro atoms. The number of benzene rings is 1. The molecule has 0 saturated heterocycles. The Hall–Kier alpha value is -1.77. The zero-order valence-corrected chi connectivity index (χ0v) is 10.7. The summed E-state index contributed by atoms with van der Waals surface area (Å²) in [7, 11) is 1.64. The maximum absolute atomic E-state index is 6.03. The monoisotopic (exact) mass is 230 g/mol. The van der Waals surface area contributed by atoms with Crippen LogP contribution in [0.3, 0.4) is 0 Å². The van der Waals surface area contributed by atoms with E-state index in [4.69, 9.17) is 10.5 Å². The molecule has 0 unspecified atom stereocenters. The van der Waals surface area contributed by atoms with Crippen LogP contribution in [-0.2, 0) is 5.41 Å². The van der Waals surface area contributed by atoms with Gasteiger partial charge in [0.15, 0.2) is 0 Å². The number of nitrogens with two attached hydrogens (primary N) is 1. The summed E-state index contributed by atoms with van der Waals surface area (Å²) in [6.45, 7) is 6.39. The molecule has 0 saturated carbocycles. The number of methoxy groups -OCH3 is 1. The first-order valence-corrected chi connectivity index (χ1v) is 5.67. The van der Waals surface area contributed by atoms with Crippen LogP contribution < -0.4 is 10.5 Å². The van der Waals surface area contributed by atoms with E-state index in [-0.39, 0.29) is 5.41 Å². The predicted octanol–water partition coefficient (Wildman–Crippen LogP) is 3.12. The molecule has 0 radical (unpaired) electrons. The van der Waals surface area contributed by atoms with E-state index in [9.17, 15) is 0 Å². The summed E-state index contributed by atoms with van der Waals surface area (Å²) in [5, 5.41) is 1.06. The van der Waals surface area contributed by atoms with Gasteiger partial charge in [-0.3, -0.25) is 0 Å². The second-order valence-electron chi connectivity index (χ2n) is 5.20. The van der Waals surface area contributed by atoms with E-state index in [1.165, 1.54) is 0 Å². The first-order chi connectivity index (χ1) is 7.93. The minimum absolute atomic E-state index is 0.00561. The number of ether oxygens (including phenoxy) is 1. The lowest BCUT2D eigenvalue weighted by Crippen LogP contribution is -2.15. The van der Waals surface area contributed by atoms with Gasteiger partial charge in [-0.25, -0.2) is 4.98 Å². The van der Waals surface area contributed by atoms with Gasteiger partial charge in [-0.1, -0.05) is 32.9 Å². The summed E-state index contributed by atoms with van der Waals surface area (Å²) in [6.07, 6.45) is 0. The summed E-state index contributed by atoms with van der Waals surface area (Å²) < 4.78 is 5.29. The van der Waals surface area contributed by atoms with Crippen LogP contribution in [0.4, 0.5) is 5.82 Å². The van der Waals surface area contributed by atoms with Crippen LogP contribution in [0.2, 0.25) is 0 Å². The second-order valence-corrected chi connectivity index (χ2v) is 5.20. The molecule has 3 nitrogen and oxygen atoms in total. The number of nitrogens with zero attached hydrogens (tertiary/aromatic N) is 1. The zero-order chi connectivity index (χ0) is 12.6. The lowest BCUT2D eigenvalue weighted by molar-refractivity contribution is 0.419. The van der Waals surface area contributed by atoms with Crippen molar-refractivity contribution < 1.29 is 4.74 Å². The third-order valence-electron chi connectivity index (χ3n) is 2.87. The number of nitrogen functional groups attached to an aromatic ring is 1. The van der Waals surface area contributed by atoms with E-state index < -0.39 is 0 Å². The number of anilines is 1. The molecular weight excluding hydrogens is 212 g/mol. The van der Waals surface area contributed by atoms with Crippen molar-refractivity contribution in [3.05, 3.63) is 29.8 Å². The van der Waals surface area contributed by atoms with Gasteiger partial charge < -0.3 is 10.5 Å². The molecule has 3 heteroatoms. The summed E-state index contributed by atoms with van der Waals surface area (Å²) in [6, 6.07) is 7.98. The van der Waals surface area contributed by atoms with E-state index in [1.807, 2.05) is 18.2 Å². The largest absolute Gasteiger partial charge is 0.494 e. The molecule has 0 amide bonds. The van der Waals surface area contributed by atoms with Crippen molar-refractivity contribution in [2.75, 3.05) is 12.8 Å². The molecule has 0 aliphatic heterocycles. The fourth-order valence-electron chi connectivity index (χ4n) is 1.95. The Bertz CT molecular complexity index is 556. The number of aromatic nitrogens is 1. The average Bonchev–Trinajstić information content (AvgIpc) is 2.26. The van der Waals surface area contributed by atoms with Crippen molar-refractivity contribution >= 4 is 16.7 Å². The van der Waals surface area contributed by atoms with E-state index in [2.05, 4.69) is 31.8 Å². The van der Waals surface area contributed by atoms with Crippen molar-refractivity contribution in [3.63, 3.8) is 0 Å². The van der Waals surface area contributed by atoms with Gasteiger partial charge in [-0.05, 0) is 17.5 Å². The first-order valence-electron chi connectivity index (χ1n) is 5.67. The molecule has 2 rings (SSSR count). The number of rotatable bonds is 1. The Balaban J connectivity index is 2.75. The van der Waals surface area contributed by atoms with Gasteiger partial charge in [0.1, 0.15) is 17.1 Å². The van der Waals surface area contributed by atoms with Gasteiger partial charge in [-0.15, -0.1) is 0 Å². The third kappa shape index (κ3) is 2.05. The highest BCUT2D eigenvalue weighted by atomic mass is 16.5. The summed E-state index contributed by atoms with van der Waals surface area (Å²) >= 11 is 0. The normalized spacial score (nSPS) is 11.8. The van der Waals surface area contributed by atoms with Gasteiger partial charge in [0.05, 0.1) is 7.11 Å². The van der Waals surface area contributed by atoms with Crippen LogP contribution in [0.15, 0.2) is 24.3 Å². The number of pyridine rings is 1. The van der Waals surface area contributed by atoms with Crippen LogP contribution in [0.25, 0.3) is 10.9 Å². The molecular formula is C14H18N2O. The van der Waals surface area contributed by atoms with E-state index in [1.54, 1.807) is 7.11 Å². The van der Waals surface area contributed by atoms with Crippen LogP contribution in [0, 0.1) is 0 Å². The first kappa shape index (κ1) is 11.7. The molecule has 90 valence electrons. The fourth-order valence-corrected chi connectivity index (χ4v) is 1.95. The molecule has 0 bridgehead atoms. The number of para-hydroxylation sites is 1. The average molecular weight is 230 g/mol. The van der Waals surface area contributed by atoms with Gasteiger partial charge in [0, 0.05) is 10.9 Å². The second kappa shape index (κ2) is 3.91. The Morgan fingerprint density at radius 2 is 1.94 bits per heavy atom. The van der Waals surface area contributed by atoms with E-state index >= 15 is 0 Å². The highest BCUT2D eigenvalue weighted by Gasteiger charge is 2.19. The van der Waals surface area contributed by atoms with Crippen LogP contribution in [0.1, 0.15) is 26.3 Å². The highest BCUT2D eigenvalue weighted by molar-refractivity contribution is 5.87. The third-order valence-corrected chi connectivity index (χ3v) is 2.87. The molecule has 1 aromatic heterocycles. The molecule has 0 atom stereocenters. The zero-order valence-electron chi connectivity index (χ0n) is 10.7. The molecule has 0 aliphatic rings. The lowest BCUT2D eigenvalue weighted by atomic mass is 9.86. The lowest BCUT2D eigenvalue weighted by Gasteiger charge is -2.21. The molecule has 17 heavy (non-hydrogen) atoms. The van der Waals surface area contributed by atoms with Crippen molar-refractivity contribution in [1.82, 2.24) is 4.98 Å². The molecule has 2 N–H and O–H groups in total. The quantitative estimate of drug-likeness (QED) is 0.818. The Morgan fingerprint density at radius 1 is 1.24 bits per heavy atom. The topological polar surface area (TPSA) is 48.1 Å². The van der Waals surface area contributed by atoms with E-state index in [0.29, 0.717) is 5.82 Å². The van der Waals surface area contributed by atoms with Crippen LogP contribution in [-0.4, -0.2) is 12.1 Å².